The molecule has 1 saturated carbocycles. The second kappa shape index (κ2) is 16.2. The first-order valence-corrected chi connectivity index (χ1v) is 17.7. The van der Waals surface area contributed by atoms with Crippen LogP contribution >= 0.6 is 0 Å². The van der Waals surface area contributed by atoms with Crippen molar-refractivity contribution in [3.8, 4) is 5.75 Å². The van der Waals surface area contributed by atoms with Gasteiger partial charge in [-0.05, 0) is 78.6 Å². The van der Waals surface area contributed by atoms with E-state index in [1.807, 2.05) is 24.3 Å². The van der Waals surface area contributed by atoms with E-state index in [2.05, 4.69) is 5.32 Å². The number of carboxylic acids is 1. The minimum atomic E-state index is -4.56. The van der Waals surface area contributed by atoms with Crippen molar-refractivity contribution in [1.29, 1.82) is 0 Å². The average molecular weight is 760 g/mol. The molecule has 3 N–H and O–H groups in total. The highest BCUT2D eigenvalue weighted by Gasteiger charge is 2.43. The molecule has 3 aliphatic rings. The number of benzene rings is 3. The van der Waals surface area contributed by atoms with E-state index >= 15 is 0 Å². The van der Waals surface area contributed by atoms with E-state index < -0.39 is 71.8 Å². The van der Waals surface area contributed by atoms with Crippen LogP contribution in [0.5, 0.6) is 5.75 Å². The Morgan fingerprint density at radius 3 is 2.35 bits per heavy atom. The molecule has 2 aliphatic heterocycles. The van der Waals surface area contributed by atoms with Crippen molar-refractivity contribution in [3.05, 3.63) is 106 Å². The molecule has 54 heavy (non-hydrogen) atoms. The minimum Gasteiger partial charge on any atom is -0.488 e. The van der Waals surface area contributed by atoms with Crippen LogP contribution in [0.3, 0.4) is 0 Å². The molecule has 0 spiro atoms. The molecule has 1 aliphatic carbocycles. The lowest BCUT2D eigenvalue weighted by molar-refractivity contribution is -0.141. The van der Waals surface area contributed by atoms with Crippen LogP contribution in [0.4, 0.5) is 26.3 Å². The van der Waals surface area contributed by atoms with Crippen molar-refractivity contribution >= 4 is 23.4 Å². The number of hydrogen-bond acceptors (Lipinski definition) is 6. The van der Waals surface area contributed by atoms with Crippen LogP contribution in [0.15, 0.2) is 66.2 Å². The Hall–Kier alpha value is -4.89. The van der Waals surface area contributed by atoms with Gasteiger partial charge in [0.1, 0.15) is 0 Å². The van der Waals surface area contributed by atoms with Gasteiger partial charge in [-0.15, -0.1) is 0 Å². The van der Waals surface area contributed by atoms with Crippen LogP contribution in [-0.4, -0.2) is 81.7 Å². The van der Waals surface area contributed by atoms with Crippen LogP contribution in [-0.2, 0) is 33.5 Å². The van der Waals surface area contributed by atoms with E-state index in [-0.39, 0.29) is 44.2 Å². The summed E-state index contributed by atoms with van der Waals surface area (Å²) in [5, 5.41) is 22.6. The number of aliphatic carboxylic acids is 1. The molecule has 9 nitrogen and oxygen atoms in total. The van der Waals surface area contributed by atoms with Crippen molar-refractivity contribution < 1.29 is 55.7 Å². The maximum absolute atomic E-state index is 14.7. The van der Waals surface area contributed by atoms with E-state index in [1.165, 1.54) is 11.0 Å². The number of amides is 2. The number of aryl methyl sites for hydroxylation is 1. The third-order valence-corrected chi connectivity index (χ3v) is 9.82. The van der Waals surface area contributed by atoms with Crippen LogP contribution in [0.1, 0.15) is 60.8 Å². The quantitative estimate of drug-likeness (QED) is 0.107. The summed E-state index contributed by atoms with van der Waals surface area (Å²) in [6.07, 6.45) is -4.48. The molecule has 3 aromatic rings. The second-order valence-electron chi connectivity index (χ2n) is 14.0. The van der Waals surface area contributed by atoms with E-state index in [1.54, 1.807) is 11.0 Å². The lowest BCUT2D eigenvalue weighted by Gasteiger charge is -2.45. The van der Waals surface area contributed by atoms with E-state index in [4.69, 9.17) is 9.84 Å². The van der Waals surface area contributed by atoms with Crippen molar-refractivity contribution in [2.45, 2.75) is 81.9 Å². The number of ether oxygens (including phenoxy) is 1. The predicted molar refractivity (Wildman–Crippen MR) is 183 cm³/mol. The molecular formula is C39H39F6N3O6. The molecule has 2 bridgehead atoms. The van der Waals surface area contributed by atoms with Gasteiger partial charge in [0.25, 0.3) is 5.91 Å². The molecule has 2 heterocycles. The minimum absolute atomic E-state index is 0.0480. The smallest absolute Gasteiger partial charge is 0.416 e. The molecule has 15 heteroatoms. The van der Waals surface area contributed by atoms with Crippen molar-refractivity contribution in [1.82, 2.24) is 15.1 Å². The van der Waals surface area contributed by atoms with Gasteiger partial charge in [-0.25, -0.2) is 8.78 Å². The number of nitrogens with zero attached hydrogens (tertiary/aromatic N) is 2. The van der Waals surface area contributed by atoms with Gasteiger partial charge in [0.2, 0.25) is 11.7 Å². The van der Waals surface area contributed by atoms with Crippen LogP contribution in [0.25, 0.3) is 5.57 Å². The van der Waals surface area contributed by atoms with Gasteiger partial charge < -0.3 is 30.1 Å². The van der Waals surface area contributed by atoms with Crippen molar-refractivity contribution in [2.24, 2.45) is 0 Å². The molecule has 2 fully saturated rings. The Balaban J connectivity index is 1.25. The normalized spacial score (nSPS) is 19.1. The fraction of sp³-hybridized carbons (Fsp3) is 0.410. The number of hydrogen-bond donors (Lipinski definition) is 3. The molecule has 1 saturated heterocycles. The fourth-order valence-electron chi connectivity index (χ4n) is 7.09. The van der Waals surface area contributed by atoms with Gasteiger partial charge in [0, 0.05) is 37.3 Å². The number of nitrogens with one attached hydrogen (secondary N) is 1. The van der Waals surface area contributed by atoms with Gasteiger partial charge in [-0.1, -0.05) is 36.4 Å². The molecule has 6 rings (SSSR count). The third kappa shape index (κ3) is 9.24. The highest BCUT2D eigenvalue weighted by Crippen LogP contribution is 2.38. The summed E-state index contributed by atoms with van der Waals surface area (Å²) in [5.74, 6) is -6.50. The van der Waals surface area contributed by atoms with Gasteiger partial charge >= 0.3 is 12.1 Å². The number of fused-ring (bicyclic) bond motifs is 2. The summed E-state index contributed by atoms with van der Waals surface area (Å²) in [7, 11) is 0. The molecule has 288 valence electrons. The van der Waals surface area contributed by atoms with Crippen molar-refractivity contribution in [2.75, 3.05) is 19.7 Å². The summed E-state index contributed by atoms with van der Waals surface area (Å²) < 4.78 is 87.3. The standard InChI is InChI=1S/C39H39F6N3O6/c40-30-12-13-31(41)37(36(30)42)54-14-2-4-22-6-8-24(9-7-22)29-16-26-20-47(33(50)17-28(49)18-34(51)52)21-32(46-26)35(29)38(53)48(27-10-11-27)19-23-3-1-5-25(15-23)39(43,44)45/h1,3,5-9,12-13,15,26-28,32,46,49H,2,4,10-11,14,16-21H2,(H,51,52)/t26-,28+,32-/m1/s1. The van der Waals surface area contributed by atoms with Crippen molar-refractivity contribution in [3.63, 3.8) is 0 Å². The zero-order chi connectivity index (χ0) is 38.7. The Kier molecular flexibility index (Phi) is 11.7. The van der Waals surface area contributed by atoms with Crippen LogP contribution in [0, 0.1) is 17.5 Å². The first kappa shape index (κ1) is 38.8. The number of halogens is 6. The topological polar surface area (TPSA) is 119 Å². The number of carboxylic acid groups (broad SMARTS) is 1. The summed E-state index contributed by atoms with van der Waals surface area (Å²) in [6.45, 7) is 0.145. The largest absolute Gasteiger partial charge is 0.488 e. The fourth-order valence-corrected chi connectivity index (χ4v) is 7.09. The molecule has 0 aromatic heterocycles. The second-order valence-corrected chi connectivity index (χ2v) is 14.0. The summed E-state index contributed by atoms with van der Waals surface area (Å²) in [5.41, 5.74) is 2.16. The van der Waals surface area contributed by atoms with E-state index in [9.17, 15) is 45.8 Å². The SMILES string of the molecule is O=C(O)C[C@@H](O)CC(=O)N1C[C@H]2CC(c3ccc(CCCOc4c(F)ccc(F)c4F)cc3)=C(C(=O)N(Cc3cccc(C(F)(F)F)c3)C3CC3)[C@@H](C1)N2. The Bertz CT molecular complexity index is 1920. The molecule has 0 radical (unpaired) electrons. The maximum atomic E-state index is 14.7. The number of carbonyl (C=O) groups excluding carboxylic acids is 2. The molecular weight excluding hydrogens is 720 g/mol. The Morgan fingerprint density at radius 2 is 1.67 bits per heavy atom. The third-order valence-electron chi connectivity index (χ3n) is 9.82. The summed E-state index contributed by atoms with van der Waals surface area (Å²) in [6, 6.07) is 12.5. The van der Waals surface area contributed by atoms with Gasteiger partial charge in [0.05, 0.1) is 37.2 Å². The van der Waals surface area contributed by atoms with Gasteiger partial charge in [-0.2, -0.15) is 17.6 Å². The monoisotopic (exact) mass is 759 g/mol. The average Bonchev–Trinajstić information content (AvgIpc) is 3.96. The maximum Gasteiger partial charge on any atom is 0.416 e. The highest BCUT2D eigenvalue weighted by molar-refractivity contribution is 6.03. The summed E-state index contributed by atoms with van der Waals surface area (Å²) >= 11 is 0. The van der Waals surface area contributed by atoms with E-state index in [0.29, 0.717) is 54.9 Å². The Morgan fingerprint density at radius 1 is 0.944 bits per heavy atom. The van der Waals surface area contributed by atoms with Gasteiger partial charge in [-0.3, -0.25) is 14.4 Å². The molecule has 0 unspecified atom stereocenters. The van der Waals surface area contributed by atoms with Crippen LogP contribution in [0.2, 0.25) is 0 Å². The van der Waals surface area contributed by atoms with Gasteiger partial charge in [0.15, 0.2) is 17.4 Å². The molecule has 3 aromatic carbocycles. The number of carbonyl (C=O) groups is 3. The number of alkyl halides is 3. The number of piperazine rings is 1. The van der Waals surface area contributed by atoms with Crippen LogP contribution < -0.4 is 10.1 Å². The lowest BCUT2D eigenvalue weighted by atomic mass is 9.82. The molecule has 2 amide bonds. The first-order valence-electron chi connectivity index (χ1n) is 17.7. The number of rotatable bonds is 14. The first-order chi connectivity index (χ1) is 25.7. The predicted octanol–water partition coefficient (Wildman–Crippen LogP) is 5.88. The number of aliphatic hydroxyl groups is 1. The van der Waals surface area contributed by atoms with E-state index in [0.717, 1.165) is 29.3 Å². The lowest BCUT2D eigenvalue weighted by Crippen LogP contribution is -2.62. The molecule has 3 atom stereocenters. The number of aliphatic hydroxyl groups excluding tert-OH is 1. The Labute approximate surface area is 307 Å². The zero-order valence-corrected chi connectivity index (χ0v) is 29.1. The summed E-state index contributed by atoms with van der Waals surface area (Å²) in [4.78, 5) is 42.0. The zero-order valence-electron chi connectivity index (χ0n) is 29.1. The highest BCUT2D eigenvalue weighted by atomic mass is 19.4.